The maximum absolute atomic E-state index is 13.4. The van der Waals surface area contributed by atoms with Crippen LogP contribution >= 0.6 is 23.7 Å². The fraction of sp³-hybridized carbons (Fsp3) is 0.389. The largest absolute Gasteiger partial charge is 0.393 e. The molecule has 0 saturated carbocycles. The Labute approximate surface area is 166 Å². The first-order valence-electron chi connectivity index (χ1n) is 8.63. The number of carbonyl (C=O) groups excluding carboxylic acids is 1. The van der Waals surface area contributed by atoms with Crippen molar-refractivity contribution in [2.24, 2.45) is 7.05 Å². The van der Waals surface area contributed by atoms with Crippen molar-refractivity contribution in [3.63, 3.8) is 0 Å². The molecule has 2 heterocycles. The van der Waals surface area contributed by atoms with Gasteiger partial charge in [0.05, 0.1) is 16.8 Å². The minimum Gasteiger partial charge on any atom is -0.393 e. The van der Waals surface area contributed by atoms with Gasteiger partial charge < -0.3 is 19.7 Å². The van der Waals surface area contributed by atoms with Gasteiger partial charge in [0.1, 0.15) is 11.5 Å². The van der Waals surface area contributed by atoms with E-state index in [0.29, 0.717) is 27.7 Å². The van der Waals surface area contributed by atoms with Gasteiger partial charge in [-0.05, 0) is 43.5 Å². The number of nitrogens with one attached hydrogen (secondary N) is 2. The van der Waals surface area contributed by atoms with Crippen molar-refractivity contribution in [3.05, 3.63) is 46.5 Å². The third-order valence-electron chi connectivity index (χ3n) is 4.46. The van der Waals surface area contributed by atoms with Crippen LogP contribution in [-0.4, -0.2) is 39.1 Å². The van der Waals surface area contributed by atoms with E-state index in [9.17, 15) is 14.3 Å². The zero-order valence-corrected chi connectivity index (χ0v) is 16.7. The van der Waals surface area contributed by atoms with Crippen LogP contribution in [0.25, 0.3) is 0 Å². The molecule has 0 radical (unpaired) electrons. The number of carbonyl (C=O) groups is 1. The molecule has 0 bridgehead atoms. The van der Waals surface area contributed by atoms with E-state index in [1.807, 2.05) is 0 Å². The summed E-state index contributed by atoms with van der Waals surface area (Å²) in [6.07, 6.45) is 3.00. The van der Waals surface area contributed by atoms with E-state index in [-0.39, 0.29) is 17.8 Å². The summed E-state index contributed by atoms with van der Waals surface area (Å²) in [5.74, 6) is -0.689. The number of piperidine rings is 1. The zero-order chi connectivity index (χ0) is 19.6. The number of aromatic nitrogens is 1. The Morgan fingerprint density at radius 3 is 2.74 bits per heavy atom. The molecule has 9 heteroatoms. The van der Waals surface area contributed by atoms with E-state index < -0.39 is 0 Å². The predicted molar refractivity (Wildman–Crippen MR) is 108 cm³/mol. The number of rotatable bonds is 5. The van der Waals surface area contributed by atoms with Gasteiger partial charge in [-0.25, -0.2) is 8.70 Å². The minimum atomic E-state index is -0.368. The summed E-state index contributed by atoms with van der Waals surface area (Å²) in [7, 11) is 1.74. The number of halogens is 2. The number of nitrogens with zero attached hydrogens (tertiary/aromatic N) is 2. The van der Waals surface area contributed by atoms with Gasteiger partial charge in [0.2, 0.25) is 0 Å². The highest BCUT2D eigenvalue weighted by Crippen LogP contribution is 2.31. The van der Waals surface area contributed by atoms with Crippen molar-refractivity contribution in [1.29, 1.82) is 0 Å². The molecule has 1 aromatic heterocycles. The molecule has 2 aromatic rings. The second-order valence-electron chi connectivity index (χ2n) is 6.59. The molecule has 0 unspecified atom stereocenters. The number of aliphatic hydroxyl groups is 1. The molecular formula is C18H22ClFN4O2S. The summed E-state index contributed by atoms with van der Waals surface area (Å²) in [6, 6.07) is 4.40. The number of benzene rings is 1. The van der Waals surface area contributed by atoms with E-state index in [2.05, 4.69) is 14.3 Å². The summed E-state index contributed by atoms with van der Waals surface area (Å²) >= 11 is 7.82. The van der Waals surface area contributed by atoms with Crippen LogP contribution < -0.4 is 10.0 Å². The average Bonchev–Trinajstić information content (AvgIpc) is 2.91. The molecule has 1 amide bonds. The first kappa shape index (κ1) is 20.0. The molecular weight excluding hydrogens is 391 g/mol. The zero-order valence-electron chi connectivity index (χ0n) is 15.1. The number of aliphatic hydroxyl groups excluding tert-OH is 1. The quantitative estimate of drug-likeness (QED) is 0.651. The topological polar surface area (TPSA) is 69.5 Å². The Bertz CT molecular complexity index is 837. The van der Waals surface area contributed by atoms with Gasteiger partial charge in [-0.15, -0.1) is 0 Å². The number of hydrogen-bond acceptors (Lipinski definition) is 5. The second kappa shape index (κ2) is 8.52. The van der Waals surface area contributed by atoms with Gasteiger partial charge in [0.15, 0.2) is 0 Å². The van der Waals surface area contributed by atoms with Gasteiger partial charge in [-0.1, -0.05) is 11.6 Å². The Kier molecular flexibility index (Phi) is 6.31. The van der Waals surface area contributed by atoms with Crippen LogP contribution in [0, 0.1) is 12.7 Å². The van der Waals surface area contributed by atoms with Crippen molar-refractivity contribution < 1.29 is 14.3 Å². The maximum atomic E-state index is 13.4. The highest BCUT2D eigenvalue weighted by molar-refractivity contribution is 7.98. The number of hydrogen-bond donors (Lipinski definition) is 3. The maximum Gasteiger partial charge on any atom is 0.273 e. The third-order valence-corrected chi connectivity index (χ3v) is 5.78. The van der Waals surface area contributed by atoms with Crippen molar-refractivity contribution in [3.8, 4) is 0 Å². The number of amides is 1. The standard InChI is InChI=1S/C18H22ClFN4O2S/c1-11-9-12(3-4-14(11)20)21-18(26)17-16(19)15(10-23(17)2)22-27-24-7-5-13(25)6-8-24/h3-4,9-10,13,22,25H,5-8H2,1-2H3,(H,21,26). The van der Waals surface area contributed by atoms with Crippen LogP contribution in [0.4, 0.5) is 15.8 Å². The average molecular weight is 413 g/mol. The second-order valence-corrected chi connectivity index (χ2v) is 7.87. The van der Waals surface area contributed by atoms with Crippen LogP contribution in [0.2, 0.25) is 5.02 Å². The molecule has 1 saturated heterocycles. The highest BCUT2D eigenvalue weighted by Gasteiger charge is 2.22. The molecule has 0 aliphatic carbocycles. The van der Waals surface area contributed by atoms with E-state index >= 15 is 0 Å². The van der Waals surface area contributed by atoms with Crippen LogP contribution in [0.1, 0.15) is 28.9 Å². The summed E-state index contributed by atoms with van der Waals surface area (Å²) in [5.41, 5.74) is 1.91. The molecule has 3 rings (SSSR count). The highest BCUT2D eigenvalue weighted by atomic mass is 35.5. The molecule has 1 fully saturated rings. The molecule has 1 aliphatic heterocycles. The van der Waals surface area contributed by atoms with Crippen molar-refractivity contribution in [1.82, 2.24) is 8.87 Å². The van der Waals surface area contributed by atoms with Crippen LogP contribution in [0.15, 0.2) is 24.4 Å². The Morgan fingerprint density at radius 2 is 2.07 bits per heavy atom. The summed E-state index contributed by atoms with van der Waals surface area (Å²) in [5, 5.41) is 12.6. The smallest absolute Gasteiger partial charge is 0.273 e. The molecule has 0 spiro atoms. The van der Waals surface area contributed by atoms with Crippen molar-refractivity contribution in [2.75, 3.05) is 23.1 Å². The van der Waals surface area contributed by atoms with Gasteiger partial charge in [-0.3, -0.25) is 4.79 Å². The fourth-order valence-electron chi connectivity index (χ4n) is 2.89. The molecule has 0 atom stereocenters. The molecule has 1 aromatic carbocycles. The van der Waals surface area contributed by atoms with Gasteiger partial charge >= 0.3 is 0 Å². The van der Waals surface area contributed by atoms with E-state index in [1.165, 1.54) is 24.3 Å². The van der Waals surface area contributed by atoms with Crippen molar-refractivity contribution >= 4 is 41.0 Å². The molecule has 6 nitrogen and oxygen atoms in total. The first-order valence-corrected chi connectivity index (χ1v) is 9.78. The lowest BCUT2D eigenvalue weighted by atomic mass is 10.1. The molecule has 1 aliphatic rings. The van der Waals surface area contributed by atoms with Crippen molar-refractivity contribution in [2.45, 2.75) is 25.9 Å². The normalized spacial score (nSPS) is 15.7. The third kappa shape index (κ3) is 4.76. The van der Waals surface area contributed by atoms with E-state index in [0.717, 1.165) is 25.9 Å². The number of anilines is 2. The summed E-state index contributed by atoms with van der Waals surface area (Å²) in [6.45, 7) is 3.19. The first-order chi connectivity index (χ1) is 12.8. The lowest BCUT2D eigenvalue weighted by Crippen LogP contribution is -2.31. The Balaban J connectivity index is 1.67. The van der Waals surface area contributed by atoms with Crippen LogP contribution in [0.5, 0.6) is 0 Å². The fourth-order valence-corrected chi connectivity index (χ4v) is 4.03. The lowest BCUT2D eigenvalue weighted by Gasteiger charge is -2.27. The minimum absolute atomic E-state index is 0.229. The molecule has 3 N–H and O–H groups in total. The van der Waals surface area contributed by atoms with Gasteiger partial charge in [0, 0.05) is 44.2 Å². The van der Waals surface area contributed by atoms with Crippen LogP contribution in [-0.2, 0) is 7.05 Å². The van der Waals surface area contributed by atoms with E-state index in [4.69, 9.17) is 11.6 Å². The Morgan fingerprint density at radius 1 is 1.37 bits per heavy atom. The summed E-state index contributed by atoms with van der Waals surface area (Å²) in [4.78, 5) is 12.6. The van der Waals surface area contributed by atoms with Gasteiger partial charge in [0.25, 0.3) is 5.91 Å². The predicted octanol–water partition coefficient (Wildman–Crippen LogP) is 3.81. The monoisotopic (exact) mass is 412 g/mol. The van der Waals surface area contributed by atoms with Gasteiger partial charge in [-0.2, -0.15) is 0 Å². The van der Waals surface area contributed by atoms with E-state index in [1.54, 1.807) is 30.8 Å². The van der Waals surface area contributed by atoms with Crippen LogP contribution in [0.3, 0.4) is 0 Å². The summed E-state index contributed by atoms with van der Waals surface area (Å²) < 4.78 is 20.3. The molecule has 146 valence electrons. The molecule has 27 heavy (non-hydrogen) atoms. The SMILES string of the molecule is Cc1cc(NC(=O)c2c(Cl)c(NSN3CCC(O)CC3)cn2C)ccc1F. The Hall–Kier alpha value is -1.74. The lowest BCUT2D eigenvalue weighted by molar-refractivity contribution is 0.101. The number of aryl methyl sites for hydroxylation is 2.